The standard InChI is InChI=1S/C20H27N3O5/c1-27-16-7-6-15(12-17(16)28-2)23-13-14(11-19(23)25)20(26)21-8-4-10-22-9-3-5-18(22)24/h6-7,12,14H,3-5,8-11,13H2,1-2H3,(H,21,26). The number of carbonyl (C=O) groups is 3. The number of methoxy groups -OCH3 is 2. The molecule has 0 bridgehead atoms. The SMILES string of the molecule is COc1ccc(N2CC(C(=O)NCCCN3CCCC3=O)CC2=O)cc1OC. The average Bonchev–Trinajstić information content (AvgIpc) is 3.30. The predicted molar refractivity (Wildman–Crippen MR) is 103 cm³/mol. The molecule has 1 aromatic rings. The van der Waals surface area contributed by atoms with Crippen molar-refractivity contribution in [1.29, 1.82) is 0 Å². The maximum atomic E-state index is 12.4. The van der Waals surface area contributed by atoms with Crippen molar-refractivity contribution in [1.82, 2.24) is 10.2 Å². The number of hydrogen-bond donors (Lipinski definition) is 1. The molecule has 2 saturated heterocycles. The minimum absolute atomic E-state index is 0.0879. The van der Waals surface area contributed by atoms with Gasteiger partial charge in [-0.15, -0.1) is 0 Å². The van der Waals surface area contributed by atoms with E-state index in [1.807, 2.05) is 4.90 Å². The molecule has 28 heavy (non-hydrogen) atoms. The van der Waals surface area contributed by atoms with Crippen molar-refractivity contribution in [3.05, 3.63) is 18.2 Å². The summed E-state index contributed by atoms with van der Waals surface area (Å²) in [6.07, 6.45) is 2.45. The zero-order chi connectivity index (χ0) is 20.1. The van der Waals surface area contributed by atoms with Gasteiger partial charge < -0.3 is 24.6 Å². The van der Waals surface area contributed by atoms with E-state index in [9.17, 15) is 14.4 Å². The van der Waals surface area contributed by atoms with Gasteiger partial charge in [0.15, 0.2) is 11.5 Å². The van der Waals surface area contributed by atoms with E-state index in [4.69, 9.17) is 9.47 Å². The van der Waals surface area contributed by atoms with E-state index in [-0.39, 0.29) is 30.1 Å². The first kappa shape index (κ1) is 20.0. The summed E-state index contributed by atoms with van der Waals surface area (Å²) in [4.78, 5) is 39.9. The van der Waals surface area contributed by atoms with Crippen LogP contribution >= 0.6 is 0 Å². The van der Waals surface area contributed by atoms with Gasteiger partial charge in [-0.3, -0.25) is 14.4 Å². The van der Waals surface area contributed by atoms with Crippen LogP contribution in [0.5, 0.6) is 11.5 Å². The lowest BCUT2D eigenvalue weighted by atomic mass is 10.1. The van der Waals surface area contributed by atoms with Crippen LogP contribution in [0.3, 0.4) is 0 Å². The number of carbonyl (C=O) groups excluding carboxylic acids is 3. The Morgan fingerprint density at radius 1 is 1.18 bits per heavy atom. The highest BCUT2D eigenvalue weighted by Gasteiger charge is 2.35. The van der Waals surface area contributed by atoms with E-state index in [1.165, 1.54) is 0 Å². The predicted octanol–water partition coefficient (Wildman–Crippen LogP) is 1.19. The number of rotatable bonds is 8. The maximum absolute atomic E-state index is 12.4. The lowest BCUT2D eigenvalue weighted by Crippen LogP contribution is -2.35. The molecular formula is C20H27N3O5. The van der Waals surface area contributed by atoms with E-state index < -0.39 is 0 Å². The third-order valence-electron chi connectivity index (χ3n) is 5.25. The molecule has 1 unspecified atom stereocenters. The molecule has 0 saturated carbocycles. The molecule has 3 rings (SSSR count). The molecule has 0 aliphatic carbocycles. The second-order valence-electron chi connectivity index (χ2n) is 7.07. The van der Waals surface area contributed by atoms with Gasteiger partial charge >= 0.3 is 0 Å². The molecule has 0 spiro atoms. The molecule has 0 aromatic heterocycles. The summed E-state index contributed by atoms with van der Waals surface area (Å²) in [7, 11) is 3.10. The fraction of sp³-hybridized carbons (Fsp3) is 0.550. The number of nitrogens with zero attached hydrogens (tertiary/aromatic N) is 2. The third-order valence-corrected chi connectivity index (χ3v) is 5.25. The molecule has 2 aliphatic rings. The van der Waals surface area contributed by atoms with Gasteiger partial charge in [-0.1, -0.05) is 0 Å². The molecule has 1 N–H and O–H groups in total. The van der Waals surface area contributed by atoms with E-state index in [2.05, 4.69) is 5.32 Å². The first-order valence-electron chi connectivity index (χ1n) is 9.61. The number of benzene rings is 1. The summed E-state index contributed by atoms with van der Waals surface area (Å²) in [5, 5.41) is 2.90. The summed E-state index contributed by atoms with van der Waals surface area (Å²) in [6.45, 7) is 2.32. The fourth-order valence-corrected chi connectivity index (χ4v) is 3.69. The van der Waals surface area contributed by atoms with E-state index >= 15 is 0 Å². The monoisotopic (exact) mass is 389 g/mol. The maximum Gasteiger partial charge on any atom is 0.227 e. The van der Waals surface area contributed by atoms with Crippen molar-refractivity contribution in [3.8, 4) is 11.5 Å². The lowest BCUT2D eigenvalue weighted by Gasteiger charge is -2.19. The number of amides is 3. The summed E-state index contributed by atoms with van der Waals surface area (Å²) in [5.41, 5.74) is 0.686. The van der Waals surface area contributed by atoms with Crippen LogP contribution in [0.2, 0.25) is 0 Å². The molecular weight excluding hydrogens is 362 g/mol. The lowest BCUT2D eigenvalue weighted by molar-refractivity contribution is -0.127. The van der Waals surface area contributed by atoms with Gasteiger partial charge in [0.25, 0.3) is 0 Å². The zero-order valence-corrected chi connectivity index (χ0v) is 16.4. The van der Waals surface area contributed by atoms with Crippen LogP contribution in [0.1, 0.15) is 25.7 Å². The van der Waals surface area contributed by atoms with Gasteiger partial charge in [0, 0.05) is 50.8 Å². The highest BCUT2D eigenvalue weighted by Crippen LogP contribution is 2.34. The van der Waals surface area contributed by atoms with Crippen molar-refractivity contribution in [2.45, 2.75) is 25.7 Å². The first-order valence-corrected chi connectivity index (χ1v) is 9.61. The van der Waals surface area contributed by atoms with Gasteiger partial charge in [0.05, 0.1) is 20.1 Å². The van der Waals surface area contributed by atoms with Crippen LogP contribution in [-0.4, -0.2) is 63.0 Å². The smallest absolute Gasteiger partial charge is 0.227 e. The van der Waals surface area contributed by atoms with Crippen LogP contribution in [-0.2, 0) is 14.4 Å². The highest BCUT2D eigenvalue weighted by atomic mass is 16.5. The Morgan fingerprint density at radius 2 is 1.96 bits per heavy atom. The third kappa shape index (κ3) is 4.37. The molecule has 2 heterocycles. The van der Waals surface area contributed by atoms with E-state index in [0.29, 0.717) is 43.2 Å². The van der Waals surface area contributed by atoms with Gasteiger partial charge in [-0.25, -0.2) is 0 Å². The van der Waals surface area contributed by atoms with Crippen LogP contribution in [0, 0.1) is 5.92 Å². The molecule has 152 valence electrons. The molecule has 3 amide bonds. The number of anilines is 1. The number of hydrogen-bond acceptors (Lipinski definition) is 5. The molecule has 1 atom stereocenters. The average molecular weight is 389 g/mol. The molecule has 2 fully saturated rings. The van der Waals surface area contributed by atoms with Crippen molar-refractivity contribution < 1.29 is 23.9 Å². The molecule has 8 nitrogen and oxygen atoms in total. The van der Waals surface area contributed by atoms with Crippen LogP contribution in [0.4, 0.5) is 5.69 Å². The Labute approximate surface area is 164 Å². The van der Waals surface area contributed by atoms with Gasteiger partial charge in [-0.05, 0) is 25.0 Å². The van der Waals surface area contributed by atoms with Crippen LogP contribution < -0.4 is 19.7 Å². The van der Waals surface area contributed by atoms with Crippen molar-refractivity contribution in [3.63, 3.8) is 0 Å². The zero-order valence-electron chi connectivity index (χ0n) is 16.4. The van der Waals surface area contributed by atoms with Crippen molar-refractivity contribution in [2.75, 3.05) is 45.3 Å². The summed E-state index contributed by atoms with van der Waals surface area (Å²) in [6, 6.07) is 5.27. The Hall–Kier alpha value is -2.77. The summed E-state index contributed by atoms with van der Waals surface area (Å²) >= 11 is 0. The van der Waals surface area contributed by atoms with Crippen LogP contribution in [0.25, 0.3) is 0 Å². The van der Waals surface area contributed by atoms with Gasteiger partial charge in [-0.2, -0.15) is 0 Å². The number of likely N-dealkylation sites (tertiary alicyclic amines) is 1. The molecule has 8 heteroatoms. The van der Waals surface area contributed by atoms with Crippen molar-refractivity contribution in [2.24, 2.45) is 5.92 Å². The van der Waals surface area contributed by atoms with Crippen molar-refractivity contribution >= 4 is 23.4 Å². The summed E-state index contributed by atoms with van der Waals surface area (Å²) in [5.74, 6) is 0.729. The normalized spacial score (nSPS) is 19.3. The summed E-state index contributed by atoms with van der Waals surface area (Å²) < 4.78 is 10.5. The topological polar surface area (TPSA) is 88.2 Å². The van der Waals surface area contributed by atoms with E-state index in [0.717, 1.165) is 19.4 Å². The molecule has 1 aromatic carbocycles. The Morgan fingerprint density at radius 3 is 2.64 bits per heavy atom. The number of nitrogens with one attached hydrogen (secondary N) is 1. The minimum atomic E-state index is -0.381. The highest BCUT2D eigenvalue weighted by molar-refractivity contribution is 6.00. The minimum Gasteiger partial charge on any atom is -0.493 e. The first-order chi connectivity index (χ1) is 13.5. The quantitative estimate of drug-likeness (QED) is 0.675. The van der Waals surface area contributed by atoms with Crippen LogP contribution in [0.15, 0.2) is 18.2 Å². The van der Waals surface area contributed by atoms with E-state index in [1.54, 1.807) is 37.3 Å². The number of ether oxygens (including phenoxy) is 2. The van der Waals surface area contributed by atoms with Gasteiger partial charge in [0.2, 0.25) is 17.7 Å². The Kier molecular flexibility index (Phi) is 6.38. The Bertz CT molecular complexity index is 751. The molecule has 0 radical (unpaired) electrons. The van der Waals surface area contributed by atoms with Gasteiger partial charge in [0.1, 0.15) is 0 Å². The fourth-order valence-electron chi connectivity index (χ4n) is 3.69. The molecule has 2 aliphatic heterocycles. The largest absolute Gasteiger partial charge is 0.493 e. The Balaban J connectivity index is 1.50. The second kappa shape index (κ2) is 8.95. The second-order valence-corrected chi connectivity index (χ2v) is 7.07.